The van der Waals surface area contributed by atoms with E-state index in [0.717, 1.165) is 12.6 Å². The second-order valence-electron chi connectivity index (χ2n) is 6.29. The van der Waals surface area contributed by atoms with Crippen LogP contribution in [0.2, 0.25) is 0 Å². The van der Waals surface area contributed by atoms with Gasteiger partial charge in [0.2, 0.25) is 0 Å². The van der Waals surface area contributed by atoms with Crippen LogP contribution in [0.3, 0.4) is 0 Å². The number of rotatable bonds is 0. The van der Waals surface area contributed by atoms with E-state index in [2.05, 4.69) is 4.90 Å². The van der Waals surface area contributed by atoms with Crippen molar-refractivity contribution in [3.05, 3.63) is 11.3 Å². The Morgan fingerprint density at radius 2 is 2.06 bits per heavy atom. The summed E-state index contributed by atoms with van der Waals surface area (Å²) in [7, 11) is 0. The lowest BCUT2D eigenvalue weighted by molar-refractivity contribution is -0.0401. The van der Waals surface area contributed by atoms with E-state index in [-0.39, 0.29) is 0 Å². The summed E-state index contributed by atoms with van der Waals surface area (Å²) in [5, 5.41) is 0. The predicted octanol–water partition coefficient (Wildman–Crippen LogP) is 3.23. The van der Waals surface area contributed by atoms with Crippen LogP contribution in [-0.4, -0.2) is 29.6 Å². The summed E-state index contributed by atoms with van der Waals surface area (Å²) >= 11 is 0. The van der Waals surface area contributed by atoms with Crippen molar-refractivity contribution in [3.8, 4) is 0 Å². The van der Waals surface area contributed by atoms with Gasteiger partial charge < -0.3 is 4.74 Å². The highest BCUT2D eigenvalue weighted by Gasteiger charge is 2.51. The molecule has 17 heavy (non-hydrogen) atoms. The zero-order valence-corrected chi connectivity index (χ0v) is 10.7. The van der Waals surface area contributed by atoms with Crippen LogP contribution < -0.4 is 0 Å². The summed E-state index contributed by atoms with van der Waals surface area (Å²) in [6.07, 6.45) is 12.3. The zero-order valence-electron chi connectivity index (χ0n) is 10.7. The van der Waals surface area contributed by atoms with Crippen LogP contribution in [0.4, 0.5) is 0 Å². The van der Waals surface area contributed by atoms with Gasteiger partial charge in [-0.15, -0.1) is 0 Å². The van der Waals surface area contributed by atoms with Crippen molar-refractivity contribution in [1.82, 2.24) is 4.90 Å². The Morgan fingerprint density at radius 3 is 3.06 bits per heavy atom. The van der Waals surface area contributed by atoms with Crippen LogP contribution in [0.15, 0.2) is 11.3 Å². The summed E-state index contributed by atoms with van der Waals surface area (Å²) in [5.74, 6) is 1.42. The second-order valence-corrected chi connectivity index (χ2v) is 6.29. The minimum Gasteiger partial charge on any atom is -0.498 e. The molecule has 2 nitrogen and oxygen atoms in total. The van der Waals surface area contributed by atoms with Gasteiger partial charge in [0.1, 0.15) is 0 Å². The molecule has 94 valence electrons. The smallest absolute Gasteiger partial charge is 0.0985 e. The summed E-state index contributed by atoms with van der Waals surface area (Å²) in [6, 6.07) is 0.806. The molecule has 4 heterocycles. The van der Waals surface area contributed by atoms with Gasteiger partial charge in [0, 0.05) is 18.0 Å². The summed E-state index contributed by atoms with van der Waals surface area (Å²) in [5.41, 5.74) is 2.18. The molecule has 4 aliphatic heterocycles. The van der Waals surface area contributed by atoms with Crippen LogP contribution >= 0.6 is 0 Å². The van der Waals surface area contributed by atoms with E-state index in [1.165, 1.54) is 70.1 Å². The van der Waals surface area contributed by atoms with E-state index < -0.39 is 0 Å². The van der Waals surface area contributed by atoms with E-state index in [0.29, 0.717) is 5.54 Å². The average molecular weight is 233 g/mol. The minimum atomic E-state index is 0.454. The van der Waals surface area contributed by atoms with Gasteiger partial charge in [-0.25, -0.2) is 0 Å². The molecule has 0 aromatic carbocycles. The van der Waals surface area contributed by atoms with E-state index in [1.807, 2.05) is 0 Å². The molecule has 0 amide bonds. The van der Waals surface area contributed by atoms with Gasteiger partial charge in [-0.3, -0.25) is 4.90 Å². The fourth-order valence-electron chi connectivity index (χ4n) is 4.89. The Hall–Kier alpha value is -0.500. The van der Waals surface area contributed by atoms with Crippen LogP contribution in [0, 0.1) is 0 Å². The van der Waals surface area contributed by atoms with Crippen LogP contribution in [0.25, 0.3) is 0 Å². The first-order valence-corrected chi connectivity index (χ1v) is 7.52. The molecule has 2 bridgehead atoms. The maximum absolute atomic E-state index is 6.02. The van der Waals surface area contributed by atoms with Crippen LogP contribution in [-0.2, 0) is 4.74 Å². The lowest BCUT2D eigenvalue weighted by atomic mass is 9.66. The number of hydrogen-bond donors (Lipinski definition) is 0. The monoisotopic (exact) mass is 233 g/mol. The molecule has 4 aliphatic rings. The van der Waals surface area contributed by atoms with Crippen molar-refractivity contribution in [2.75, 3.05) is 13.2 Å². The second kappa shape index (κ2) is 3.74. The molecule has 2 fully saturated rings. The van der Waals surface area contributed by atoms with Gasteiger partial charge >= 0.3 is 0 Å². The molecule has 2 heteroatoms. The predicted molar refractivity (Wildman–Crippen MR) is 67.8 cm³/mol. The third-order valence-corrected chi connectivity index (χ3v) is 5.52. The highest BCUT2D eigenvalue weighted by Crippen LogP contribution is 2.52. The lowest BCUT2D eigenvalue weighted by Gasteiger charge is -2.59. The van der Waals surface area contributed by atoms with Gasteiger partial charge in [-0.1, -0.05) is 6.42 Å². The molecular formula is C15H23NO. The molecule has 0 aliphatic carbocycles. The Balaban J connectivity index is 1.82. The number of ether oxygens (including phenoxy) is 1. The first-order chi connectivity index (χ1) is 8.40. The van der Waals surface area contributed by atoms with Crippen molar-refractivity contribution in [2.45, 2.75) is 69.4 Å². The first kappa shape index (κ1) is 10.4. The Bertz CT molecular complexity index is 358. The molecule has 0 spiro atoms. The highest BCUT2D eigenvalue weighted by atomic mass is 16.5. The minimum absolute atomic E-state index is 0.454. The average Bonchev–Trinajstić information content (AvgIpc) is 2.39. The van der Waals surface area contributed by atoms with Crippen LogP contribution in [0.5, 0.6) is 0 Å². The molecule has 2 atom stereocenters. The fraction of sp³-hybridized carbons (Fsp3) is 0.867. The maximum Gasteiger partial charge on any atom is 0.0985 e. The number of hydrogen-bond acceptors (Lipinski definition) is 2. The molecular weight excluding hydrogens is 210 g/mol. The maximum atomic E-state index is 6.02. The van der Waals surface area contributed by atoms with Gasteiger partial charge in [0.05, 0.1) is 12.4 Å². The van der Waals surface area contributed by atoms with Crippen molar-refractivity contribution in [2.24, 2.45) is 0 Å². The Kier molecular flexibility index (Phi) is 2.30. The van der Waals surface area contributed by atoms with E-state index >= 15 is 0 Å². The molecule has 0 saturated carbocycles. The van der Waals surface area contributed by atoms with Crippen molar-refractivity contribution >= 4 is 0 Å². The zero-order chi connectivity index (χ0) is 11.3. The standard InChI is InChI=1S/C15H23NO/c1-2-9-16-12-5-3-8-15(16,7-1)13-6-4-10-17-14(13)11-12/h12H,1-11H2/t12-,15+/m1/s1. The fourth-order valence-corrected chi connectivity index (χ4v) is 4.89. The Morgan fingerprint density at radius 1 is 1.12 bits per heavy atom. The topological polar surface area (TPSA) is 12.5 Å². The largest absolute Gasteiger partial charge is 0.498 e. The molecule has 0 N–H and O–H groups in total. The van der Waals surface area contributed by atoms with Gasteiger partial charge in [0.15, 0.2) is 0 Å². The third kappa shape index (κ3) is 1.36. The third-order valence-electron chi connectivity index (χ3n) is 5.52. The normalized spacial score (nSPS) is 41.5. The molecule has 4 rings (SSSR count). The van der Waals surface area contributed by atoms with Gasteiger partial charge in [-0.05, 0) is 57.1 Å². The van der Waals surface area contributed by atoms with E-state index in [1.54, 1.807) is 5.57 Å². The van der Waals surface area contributed by atoms with Gasteiger partial charge in [-0.2, -0.15) is 0 Å². The summed E-state index contributed by atoms with van der Waals surface area (Å²) in [6.45, 7) is 2.32. The number of nitrogens with zero attached hydrogens (tertiary/aromatic N) is 1. The highest BCUT2D eigenvalue weighted by molar-refractivity contribution is 5.32. The molecule has 0 aromatic heterocycles. The molecule has 2 saturated heterocycles. The first-order valence-electron chi connectivity index (χ1n) is 7.52. The molecule has 0 aromatic rings. The SMILES string of the molecule is C1COC2=C(C1)[C@@]13CCCCN1[C@H](CCC3)C2. The lowest BCUT2D eigenvalue weighted by Crippen LogP contribution is -2.62. The Labute approximate surface area is 104 Å². The van der Waals surface area contributed by atoms with Crippen molar-refractivity contribution in [1.29, 1.82) is 0 Å². The summed E-state index contributed by atoms with van der Waals surface area (Å²) < 4.78 is 6.02. The van der Waals surface area contributed by atoms with Crippen molar-refractivity contribution < 1.29 is 4.74 Å². The van der Waals surface area contributed by atoms with E-state index in [4.69, 9.17) is 4.74 Å². The van der Waals surface area contributed by atoms with E-state index in [9.17, 15) is 0 Å². The molecule has 0 unspecified atom stereocenters. The summed E-state index contributed by atoms with van der Waals surface area (Å²) in [4.78, 5) is 2.88. The molecule has 0 radical (unpaired) electrons. The quantitative estimate of drug-likeness (QED) is 0.637. The van der Waals surface area contributed by atoms with Gasteiger partial charge in [0.25, 0.3) is 0 Å². The van der Waals surface area contributed by atoms with Crippen LogP contribution in [0.1, 0.15) is 57.8 Å². The number of piperidine rings is 2. The van der Waals surface area contributed by atoms with Crippen molar-refractivity contribution in [3.63, 3.8) is 0 Å².